The van der Waals surface area contributed by atoms with Gasteiger partial charge in [-0.25, -0.2) is 8.78 Å². The van der Waals surface area contributed by atoms with Crippen molar-refractivity contribution in [1.82, 2.24) is 15.1 Å². The zero-order valence-electron chi connectivity index (χ0n) is 12.8. The summed E-state index contributed by atoms with van der Waals surface area (Å²) < 4.78 is 32.0. The third kappa shape index (κ3) is 5.64. The van der Waals surface area contributed by atoms with Gasteiger partial charge in [-0.15, -0.1) is 0 Å². The van der Waals surface area contributed by atoms with Gasteiger partial charge in [-0.3, -0.25) is 4.68 Å². The summed E-state index contributed by atoms with van der Waals surface area (Å²) in [5.74, 6) is 0. The second kappa shape index (κ2) is 9.48. The number of aryl methyl sites for hydroxylation is 2. The van der Waals surface area contributed by atoms with E-state index >= 15 is 0 Å². The summed E-state index contributed by atoms with van der Waals surface area (Å²) in [5.41, 5.74) is 2.19. The molecular formula is C14H24BrF2N3O. The molecule has 1 atom stereocenters. The van der Waals surface area contributed by atoms with Crippen molar-refractivity contribution in [2.75, 3.05) is 20.3 Å². The van der Waals surface area contributed by atoms with Crippen molar-refractivity contribution in [3.63, 3.8) is 0 Å². The molecule has 0 aliphatic heterocycles. The molecule has 0 aliphatic carbocycles. The Hall–Kier alpha value is -0.530. The van der Waals surface area contributed by atoms with Gasteiger partial charge in [0.2, 0.25) is 0 Å². The first-order chi connectivity index (χ1) is 10.0. The Labute approximate surface area is 133 Å². The SMILES string of the molecule is CCc1nn(CC)c(CC(CCOCC(F)F)NC)c1Br. The molecule has 0 aliphatic rings. The van der Waals surface area contributed by atoms with Crippen LogP contribution in [0.15, 0.2) is 4.47 Å². The molecule has 0 saturated heterocycles. The number of nitrogens with zero attached hydrogens (tertiary/aromatic N) is 2. The third-order valence-electron chi connectivity index (χ3n) is 3.40. The molecule has 1 rings (SSSR count). The fraction of sp³-hybridized carbons (Fsp3) is 0.786. The molecular weight excluding hydrogens is 344 g/mol. The minimum absolute atomic E-state index is 0.172. The molecule has 7 heteroatoms. The second-order valence-corrected chi connectivity index (χ2v) is 5.61. The first kappa shape index (κ1) is 18.5. The predicted octanol–water partition coefficient (Wildman–Crippen LogP) is 3.03. The molecule has 0 fully saturated rings. The van der Waals surface area contributed by atoms with Crippen LogP contribution in [-0.2, 0) is 24.1 Å². The Balaban J connectivity index is 2.62. The first-order valence-corrected chi connectivity index (χ1v) is 8.09. The van der Waals surface area contributed by atoms with Crippen LogP contribution in [-0.4, -0.2) is 42.5 Å². The van der Waals surface area contributed by atoms with E-state index in [9.17, 15) is 8.78 Å². The number of ether oxygens (including phenoxy) is 1. The number of hydrogen-bond donors (Lipinski definition) is 1. The van der Waals surface area contributed by atoms with E-state index in [2.05, 4.69) is 40.2 Å². The molecule has 1 aromatic heterocycles. The Morgan fingerprint density at radius 1 is 1.38 bits per heavy atom. The summed E-state index contributed by atoms with van der Waals surface area (Å²) in [4.78, 5) is 0. The summed E-state index contributed by atoms with van der Waals surface area (Å²) in [7, 11) is 1.87. The van der Waals surface area contributed by atoms with Gasteiger partial charge < -0.3 is 10.1 Å². The summed E-state index contributed by atoms with van der Waals surface area (Å²) >= 11 is 3.62. The maximum absolute atomic E-state index is 12.0. The average molecular weight is 368 g/mol. The molecule has 0 aromatic carbocycles. The van der Waals surface area contributed by atoms with Crippen LogP contribution in [0.25, 0.3) is 0 Å². The minimum atomic E-state index is -2.40. The summed E-state index contributed by atoms with van der Waals surface area (Å²) in [6.45, 7) is 4.78. The van der Waals surface area contributed by atoms with Crippen LogP contribution < -0.4 is 5.32 Å². The lowest BCUT2D eigenvalue weighted by atomic mass is 10.1. The average Bonchev–Trinajstić information content (AvgIpc) is 2.77. The van der Waals surface area contributed by atoms with Crippen LogP contribution >= 0.6 is 15.9 Å². The lowest BCUT2D eigenvalue weighted by molar-refractivity contribution is 0.0145. The zero-order valence-corrected chi connectivity index (χ0v) is 14.4. The van der Waals surface area contributed by atoms with Crippen LogP contribution in [0.3, 0.4) is 0 Å². The number of rotatable bonds is 10. The van der Waals surface area contributed by atoms with Crippen LogP contribution in [0.1, 0.15) is 31.7 Å². The molecule has 0 saturated carbocycles. The number of alkyl halides is 2. The molecule has 21 heavy (non-hydrogen) atoms. The van der Waals surface area contributed by atoms with E-state index in [1.54, 1.807) is 0 Å². The molecule has 0 amide bonds. The summed E-state index contributed by atoms with van der Waals surface area (Å²) in [6.07, 6.45) is -0.0506. The Morgan fingerprint density at radius 2 is 2.10 bits per heavy atom. The molecule has 1 aromatic rings. The van der Waals surface area contributed by atoms with Gasteiger partial charge >= 0.3 is 0 Å². The van der Waals surface area contributed by atoms with Gasteiger partial charge in [-0.2, -0.15) is 5.10 Å². The van der Waals surface area contributed by atoms with Crippen LogP contribution in [0, 0.1) is 0 Å². The third-order valence-corrected chi connectivity index (χ3v) is 4.31. The number of aromatic nitrogens is 2. The highest BCUT2D eigenvalue weighted by atomic mass is 79.9. The van der Waals surface area contributed by atoms with Gasteiger partial charge in [0.05, 0.1) is 15.9 Å². The van der Waals surface area contributed by atoms with E-state index in [-0.39, 0.29) is 6.04 Å². The molecule has 0 radical (unpaired) electrons. The van der Waals surface area contributed by atoms with Crippen molar-refractivity contribution in [2.45, 2.75) is 52.1 Å². The molecule has 0 bridgehead atoms. The van der Waals surface area contributed by atoms with Crippen molar-refractivity contribution >= 4 is 15.9 Å². The van der Waals surface area contributed by atoms with Gasteiger partial charge in [0.25, 0.3) is 6.43 Å². The minimum Gasteiger partial charge on any atom is -0.375 e. The molecule has 1 N–H and O–H groups in total. The maximum atomic E-state index is 12.0. The molecule has 1 unspecified atom stereocenters. The maximum Gasteiger partial charge on any atom is 0.261 e. The van der Waals surface area contributed by atoms with Gasteiger partial charge in [-0.05, 0) is 42.7 Å². The van der Waals surface area contributed by atoms with Crippen molar-refractivity contribution in [1.29, 1.82) is 0 Å². The lowest BCUT2D eigenvalue weighted by Crippen LogP contribution is -2.30. The Morgan fingerprint density at radius 3 is 2.62 bits per heavy atom. The van der Waals surface area contributed by atoms with Gasteiger partial charge in [0.1, 0.15) is 6.61 Å². The smallest absolute Gasteiger partial charge is 0.261 e. The molecule has 1 heterocycles. The largest absolute Gasteiger partial charge is 0.375 e. The first-order valence-electron chi connectivity index (χ1n) is 7.30. The Bertz CT molecular complexity index is 427. The van der Waals surface area contributed by atoms with Crippen molar-refractivity contribution < 1.29 is 13.5 Å². The highest BCUT2D eigenvalue weighted by Crippen LogP contribution is 2.24. The summed E-state index contributed by atoms with van der Waals surface area (Å²) in [5, 5.41) is 7.78. The predicted molar refractivity (Wildman–Crippen MR) is 83.0 cm³/mol. The van der Waals surface area contributed by atoms with Gasteiger partial charge in [0, 0.05) is 25.6 Å². The zero-order chi connectivity index (χ0) is 15.8. The fourth-order valence-corrected chi connectivity index (χ4v) is 2.92. The van der Waals surface area contributed by atoms with Crippen molar-refractivity contribution in [3.8, 4) is 0 Å². The highest BCUT2D eigenvalue weighted by Gasteiger charge is 2.17. The number of halogens is 3. The fourth-order valence-electron chi connectivity index (χ4n) is 2.19. The standard InChI is InChI=1S/C14H24BrF2N3O/c1-4-11-14(15)12(20(5-2)19-11)8-10(18-3)6-7-21-9-13(16)17/h10,13,18H,4-9H2,1-3H3. The summed E-state index contributed by atoms with van der Waals surface area (Å²) in [6, 6.07) is 0.172. The van der Waals surface area contributed by atoms with Gasteiger partial charge in [0.15, 0.2) is 0 Å². The van der Waals surface area contributed by atoms with E-state index in [1.165, 1.54) is 0 Å². The molecule has 0 spiro atoms. The monoisotopic (exact) mass is 367 g/mol. The molecule has 122 valence electrons. The second-order valence-electron chi connectivity index (χ2n) is 4.82. The van der Waals surface area contributed by atoms with Crippen molar-refractivity contribution in [2.24, 2.45) is 0 Å². The lowest BCUT2D eigenvalue weighted by Gasteiger charge is -2.17. The van der Waals surface area contributed by atoms with E-state index < -0.39 is 13.0 Å². The van der Waals surface area contributed by atoms with E-state index in [0.717, 1.165) is 35.2 Å². The van der Waals surface area contributed by atoms with Crippen LogP contribution in [0.5, 0.6) is 0 Å². The van der Waals surface area contributed by atoms with Crippen LogP contribution in [0.2, 0.25) is 0 Å². The number of likely N-dealkylation sites (N-methyl/N-ethyl adjacent to an activating group) is 1. The van der Waals surface area contributed by atoms with E-state index in [1.807, 2.05) is 11.7 Å². The van der Waals surface area contributed by atoms with E-state index in [4.69, 9.17) is 4.74 Å². The van der Waals surface area contributed by atoms with E-state index in [0.29, 0.717) is 13.0 Å². The highest BCUT2D eigenvalue weighted by molar-refractivity contribution is 9.10. The quantitative estimate of drug-likeness (QED) is 0.646. The number of nitrogens with one attached hydrogen (secondary N) is 1. The van der Waals surface area contributed by atoms with Gasteiger partial charge in [-0.1, -0.05) is 6.92 Å². The normalized spacial score (nSPS) is 13.1. The van der Waals surface area contributed by atoms with Crippen molar-refractivity contribution in [3.05, 3.63) is 15.9 Å². The number of hydrogen-bond acceptors (Lipinski definition) is 3. The Kier molecular flexibility index (Phi) is 8.36. The molecule has 4 nitrogen and oxygen atoms in total. The topological polar surface area (TPSA) is 39.1 Å². The van der Waals surface area contributed by atoms with Crippen LogP contribution in [0.4, 0.5) is 8.78 Å².